The van der Waals surface area contributed by atoms with E-state index >= 15 is 0 Å². The molecule has 0 radical (unpaired) electrons. The molecule has 0 saturated heterocycles. The van der Waals surface area contributed by atoms with Crippen LogP contribution in [-0.4, -0.2) is 18.1 Å². The van der Waals surface area contributed by atoms with E-state index in [-0.39, 0.29) is 5.69 Å². The first-order valence-corrected chi connectivity index (χ1v) is 6.61. The Morgan fingerprint density at radius 1 is 1.32 bits per heavy atom. The number of rotatable bonds is 4. The number of anilines is 1. The third-order valence-electron chi connectivity index (χ3n) is 4.16. The smallest absolute Gasteiger partial charge is 0.275 e. The minimum absolute atomic E-state index is 0.0561. The van der Waals surface area contributed by atoms with E-state index in [0.717, 1.165) is 12.1 Å². The summed E-state index contributed by atoms with van der Waals surface area (Å²) >= 11 is 0. The maximum absolute atomic E-state index is 10.9. The molecule has 0 aromatic heterocycles. The SMILES string of the molecule is COc1cc(NC2CCC(C)C2C)cc([N+](=O)[O-])c1. The normalized spacial score (nSPS) is 26.2. The molecule has 1 aliphatic rings. The summed E-state index contributed by atoms with van der Waals surface area (Å²) in [4.78, 5) is 10.5. The number of benzene rings is 1. The first-order valence-electron chi connectivity index (χ1n) is 6.61. The highest BCUT2D eigenvalue weighted by atomic mass is 16.6. The largest absolute Gasteiger partial charge is 0.496 e. The zero-order valence-electron chi connectivity index (χ0n) is 11.6. The number of methoxy groups -OCH3 is 1. The van der Waals surface area contributed by atoms with Crippen molar-refractivity contribution in [3.63, 3.8) is 0 Å². The lowest BCUT2D eigenvalue weighted by molar-refractivity contribution is -0.384. The minimum Gasteiger partial charge on any atom is -0.496 e. The second kappa shape index (κ2) is 5.47. The molecule has 104 valence electrons. The highest BCUT2D eigenvalue weighted by Gasteiger charge is 2.29. The standard InChI is InChI=1S/C14H20N2O3/c1-9-4-5-14(10(9)2)15-11-6-12(16(17)18)8-13(7-11)19-3/h6-10,14-15H,4-5H2,1-3H3. The van der Waals surface area contributed by atoms with Gasteiger partial charge in [0.25, 0.3) is 5.69 Å². The number of ether oxygens (including phenoxy) is 1. The number of nitrogens with zero attached hydrogens (tertiary/aromatic N) is 1. The fourth-order valence-electron chi connectivity index (χ4n) is 2.67. The molecular formula is C14H20N2O3. The van der Waals surface area contributed by atoms with Gasteiger partial charge in [-0.1, -0.05) is 13.8 Å². The highest BCUT2D eigenvalue weighted by Crippen LogP contribution is 2.34. The average molecular weight is 264 g/mol. The molecule has 0 aliphatic heterocycles. The van der Waals surface area contributed by atoms with E-state index in [4.69, 9.17) is 4.74 Å². The third-order valence-corrected chi connectivity index (χ3v) is 4.16. The van der Waals surface area contributed by atoms with Crippen molar-refractivity contribution < 1.29 is 9.66 Å². The predicted octanol–water partition coefficient (Wildman–Crippen LogP) is 3.45. The van der Waals surface area contributed by atoms with Crippen LogP contribution in [0.15, 0.2) is 18.2 Å². The summed E-state index contributed by atoms with van der Waals surface area (Å²) in [5, 5.41) is 14.3. The molecule has 1 N–H and O–H groups in total. The summed E-state index contributed by atoms with van der Waals surface area (Å²) < 4.78 is 5.11. The maximum atomic E-state index is 10.9. The summed E-state index contributed by atoms with van der Waals surface area (Å²) in [6.07, 6.45) is 2.30. The molecule has 1 aromatic rings. The van der Waals surface area contributed by atoms with Gasteiger partial charge in [0.15, 0.2) is 0 Å². The van der Waals surface area contributed by atoms with Gasteiger partial charge in [-0.2, -0.15) is 0 Å². The van der Waals surface area contributed by atoms with Gasteiger partial charge in [-0.15, -0.1) is 0 Å². The second-order valence-electron chi connectivity index (χ2n) is 5.34. The zero-order valence-corrected chi connectivity index (χ0v) is 11.6. The number of nitro benzene ring substituents is 1. The molecule has 0 bridgehead atoms. The van der Waals surface area contributed by atoms with Crippen LogP contribution >= 0.6 is 0 Å². The van der Waals surface area contributed by atoms with Crippen LogP contribution in [0.1, 0.15) is 26.7 Å². The number of nitrogens with one attached hydrogen (secondary N) is 1. The Hall–Kier alpha value is -1.78. The summed E-state index contributed by atoms with van der Waals surface area (Å²) in [5.74, 6) is 1.78. The van der Waals surface area contributed by atoms with Crippen LogP contribution in [0, 0.1) is 22.0 Å². The van der Waals surface area contributed by atoms with Crippen molar-refractivity contribution >= 4 is 11.4 Å². The molecule has 0 heterocycles. The van der Waals surface area contributed by atoms with Crippen molar-refractivity contribution in [1.82, 2.24) is 0 Å². The van der Waals surface area contributed by atoms with Crippen LogP contribution in [0.4, 0.5) is 11.4 Å². The van der Waals surface area contributed by atoms with Crippen molar-refractivity contribution in [2.24, 2.45) is 11.8 Å². The minimum atomic E-state index is -0.394. The van der Waals surface area contributed by atoms with Crippen molar-refractivity contribution in [2.45, 2.75) is 32.7 Å². The second-order valence-corrected chi connectivity index (χ2v) is 5.34. The molecule has 3 unspecified atom stereocenters. The third kappa shape index (κ3) is 2.97. The molecule has 1 fully saturated rings. The first kappa shape index (κ1) is 13.6. The molecule has 0 spiro atoms. The van der Waals surface area contributed by atoms with Crippen LogP contribution in [0.2, 0.25) is 0 Å². The van der Waals surface area contributed by atoms with E-state index in [1.54, 1.807) is 6.07 Å². The summed E-state index contributed by atoms with van der Waals surface area (Å²) in [6.45, 7) is 4.48. The van der Waals surface area contributed by atoms with Crippen LogP contribution in [0.3, 0.4) is 0 Å². The molecule has 19 heavy (non-hydrogen) atoms. The lowest BCUT2D eigenvalue weighted by atomic mass is 9.97. The van der Waals surface area contributed by atoms with Gasteiger partial charge in [0.1, 0.15) is 5.75 Å². The summed E-state index contributed by atoms with van der Waals surface area (Å²) in [7, 11) is 1.52. The molecule has 1 aromatic carbocycles. The number of hydrogen-bond donors (Lipinski definition) is 1. The Labute approximate surface area is 113 Å². The van der Waals surface area contributed by atoms with Crippen LogP contribution in [-0.2, 0) is 0 Å². The maximum Gasteiger partial charge on any atom is 0.275 e. The Bertz CT molecular complexity index is 476. The van der Waals surface area contributed by atoms with Gasteiger partial charge < -0.3 is 10.1 Å². The lowest BCUT2D eigenvalue weighted by Gasteiger charge is -2.21. The van der Waals surface area contributed by atoms with Gasteiger partial charge in [0.2, 0.25) is 0 Å². The Kier molecular flexibility index (Phi) is 3.93. The van der Waals surface area contributed by atoms with Crippen LogP contribution in [0.5, 0.6) is 5.75 Å². The first-order chi connectivity index (χ1) is 9.01. The lowest BCUT2D eigenvalue weighted by Crippen LogP contribution is -2.24. The molecule has 1 aliphatic carbocycles. The van der Waals surface area contributed by atoms with Gasteiger partial charge >= 0.3 is 0 Å². The van der Waals surface area contributed by atoms with Crippen molar-refractivity contribution in [3.05, 3.63) is 28.3 Å². The van der Waals surface area contributed by atoms with Gasteiger partial charge in [0.05, 0.1) is 18.1 Å². The fraction of sp³-hybridized carbons (Fsp3) is 0.571. The number of nitro groups is 1. The van der Waals surface area contributed by atoms with Crippen molar-refractivity contribution in [3.8, 4) is 5.75 Å². The monoisotopic (exact) mass is 264 g/mol. The fourth-order valence-corrected chi connectivity index (χ4v) is 2.67. The molecular weight excluding hydrogens is 244 g/mol. The zero-order chi connectivity index (χ0) is 14.0. The number of hydrogen-bond acceptors (Lipinski definition) is 4. The van der Waals surface area contributed by atoms with Crippen LogP contribution in [0.25, 0.3) is 0 Å². The Morgan fingerprint density at radius 2 is 2.05 bits per heavy atom. The van der Waals surface area contributed by atoms with E-state index in [1.807, 2.05) is 6.07 Å². The quantitative estimate of drug-likeness (QED) is 0.668. The van der Waals surface area contributed by atoms with E-state index in [2.05, 4.69) is 19.2 Å². The van der Waals surface area contributed by atoms with Crippen LogP contribution < -0.4 is 10.1 Å². The molecule has 0 amide bonds. The summed E-state index contributed by atoms with van der Waals surface area (Å²) in [5.41, 5.74) is 0.817. The topological polar surface area (TPSA) is 64.4 Å². The van der Waals surface area contributed by atoms with E-state index in [9.17, 15) is 10.1 Å². The predicted molar refractivity (Wildman–Crippen MR) is 74.6 cm³/mol. The number of non-ortho nitro benzene ring substituents is 1. The Morgan fingerprint density at radius 3 is 2.58 bits per heavy atom. The Balaban J connectivity index is 2.20. The van der Waals surface area contributed by atoms with Gasteiger partial charge in [-0.3, -0.25) is 10.1 Å². The average Bonchev–Trinajstić information content (AvgIpc) is 2.70. The molecule has 2 rings (SSSR count). The molecule has 5 nitrogen and oxygen atoms in total. The van der Waals surface area contributed by atoms with Gasteiger partial charge in [-0.25, -0.2) is 0 Å². The van der Waals surface area contributed by atoms with Crippen molar-refractivity contribution in [2.75, 3.05) is 12.4 Å². The highest BCUT2D eigenvalue weighted by molar-refractivity contribution is 5.57. The van der Waals surface area contributed by atoms with E-state index in [1.165, 1.54) is 19.6 Å². The van der Waals surface area contributed by atoms with Gasteiger partial charge in [0, 0.05) is 23.9 Å². The molecule has 5 heteroatoms. The van der Waals surface area contributed by atoms with Crippen molar-refractivity contribution in [1.29, 1.82) is 0 Å². The summed E-state index contributed by atoms with van der Waals surface area (Å²) in [6, 6.07) is 5.19. The van der Waals surface area contributed by atoms with Gasteiger partial charge in [-0.05, 0) is 24.7 Å². The van der Waals surface area contributed by atoms with E-state index in [0.29, 0.717) is 23.6 Å². The molecule has 1 saturated carbocycles. The molecule has 3 atom stereocenters. The van der Waals surface area contributed by atoms with E-state index < -0.39 is 4.92 Å².